The van der Waals surface area contributed by atoms with Crippen molar-refractivity contribution in [2.45, 2.75) is 25.7 Å². The number of carbonyl (C=O) groups is 4. The summed E-state index contributed by atoms with van der Waals surface area (Å²) in [6.07, 6.45) is -1.88. The van der Waals surface area contributed by atoms with E-state index in [4.69, 9.17) is 0 Å². The third-order valence-electron chi connectivity index (χ3n) is 1.07. The van der Waals surface area contributed by atoms with Crippen LogP contribution in [0.3, 0.4) is 0 Å². The molecule has 0 aliphatic carbocycles. The Morgan fingerprint density at radius 3 is 0.706 bits per heavy atom. The monoisotopic (exact) mass is 322 g/mol. The van der Waals surface area contributed by atoms with Gasteiger partial charge < -0.3 is 39.6 Å². The number of rotatable bonds is 6. The van der Waals surface area contributed by atoms with Crippen molar-refractivity contribution in [2.75, 3.05) is 0 Å². The van der Waals surface area contributed by atoms with Crippen molar-refractivity contribution in [3.63, 3.8) is 0 Å². The first-order valence-electron chi connectivity index (χ1n) is 4.05. The van der Waals surface area contributed by atoms with E-state index in [0.29, 0.717) is 0 Å². The topological polar surface area (TPSA) is 161 Å². The van der Waals surface area contributed by atoms with Gasteiger partial charge in [-0.25, -0.2) is 0 Å². The van der Waals surface area contributed by atoms with Gasteiger partial charge in [0.05, 0.1) is 0 Å². The zero-order valence-corrected chi connectivity index (χ0v) is 11.1. The Kier molecular flexibility index (Phi) is 15.9. The van der Waals surface area contributed by atoms with Crippen molar-refractivity contribution < 1.29 is 65.8 Å². The van der Waals surface area contributed by atoms with Crippen LogP contribution >= 0.6 is 0 Å². The Morgan fingerprint density at radius 1 is 0.529 bits per heavy atom. The average Bonchev–Trinajstić information content (AvgIpc) is 2.12. The predicted molar refractivity (Wildman–Crippen MR) is 38.5 cm³/mol. The van der Waals surface area contributed by atoms with Gasteiger partial charge in [-0.2, -0.15) is 0 Å². The average molecular weight is 323 g/mol. The molecule has 0 aromatic heterocycles. The Balaban J connectivity index is -0.000000218. The minimum absolute atomic E-state index is 0. The molecule has 0 spiro atoms. The summed E-state index contributed by atoms with van der Waals surface area (Å²) in [5.74, 6) is -5.47. The maximum atomic E-state index is 9.50. The van der Waals surface area contributed by atoms with Crippen molar-refractivity contribution in [1.82, 2.24) is 0 Å². The molecule has 0 aliphatic rings. The van der Waals surface area contributed by atoms with Gasteiger partial charge in [-0.1, -0.05) is 0 Å². The van der Waals surface area contributed by atoms with Crippen LogP contribution in [0, 0.1) is 0 Å². The van der Waals surface area contributed by atoms with Gasteiger partial charge in [0, 0.05) is 23.9 Å². The molecule has 0 saturated carbocycles. The summed E-state index contributed by atoms with van der Waals surface area (Å²) in [6.45, 7) is 0. The molecule has 8 nitrogen and oxygen atoms in total. The quantitative estimate of drug-likeness (QED) is 0.467. The molecule has 17 heavy (non-hydrogen) atoms. The predicted octanol–water partition coefficient (Wildman–Crippen LogP) is -5.47. The van der Waals surface area contributed by atoms with Gasteiger partial charge in [0.25, 0.3) is 0 Å². The second kappa shape index (κ2) is 12.8. The van der Waals surface area contributed by atoms with Gasteiger partial charge in [-0.15, -0.1) is 0 Å². The maximum Gasteiger partial charge on any atom is 4.00 e. The van der Waals surface area contributed by atoms with Crippen molar-refractivity contribution >= 4 is 23.9 Å². The third kappa shape index (κ3) is 31.3. The van der Waals surface area contributed by atoms with E-state index in [1.165, 1.54) is 0 Å². The number of hydrogen-bond acceptors (Lipinski definition) is 8. The first-order valence-corrected chi connectivity index (χ1v) is 4.05. The Hall–Kier alpha value is -1.24. The molecule has 0 aromatic carbocycles. The SMILES string of the molecule is O=C([O-])CCC(=O)[O-].O=C([O-])CCC(=O)[O-].[Zr+4]. The van der Waals surface area contributed by atoms with Crippen molar-refractivity contribution in [1.29, 1.82) is 0 Å². The van der Waals surface area contributed by atoms with Crippen LogP contribution in [-0.4, -0.2) is 23.9 Å². The molecule has 0 aliphatic heterocycles. The third-order valence-corrected chi connectivity index (χ3v) is 1.07. The molecule has 9 heteroatoms. The summed E-state index contributed by atoms with van der Waals surface area (Å²) in [4.78, 5) is 38.0. The van der Waals surface area contributed by atoms with Crippen molar-refractivity contribution in [2.24, 2.45) is 0 Å². The maximum absolute atomic E-state index is 9.50. The van der Waals surface area contributed by atoms with Crippen LogP contribution in [0.1, 0.15) is 25.7 Å². The van der Waals surface area contributed by atoms with Crippen LogP contribution in [0.15, 0.2) is 0 Å². The molecule has 0 bridgehead atoms. The minimum Gasteiger partial charge on any atom is -0.550 e. The molecule has 0 rings (SSSR count). The summed E-state index contributed by atoms with van der Waals surface area (Å²) in [6, 6.07) is 0. The van der Waals surface area contributed by atoms with Gasteiger partial charge in [0.2, 0.25) is 0 Å². The molecular formula is C8H8O8Zr. The largest absolute Gasteiger partial charge is 4.00 e. The smallest absolute Gasteiger partial charge is 0.550 e. The van der Waals surface area contributed by atoms with Crippen molar-refractivity contribution in [3.8, 4) is 0 Å². The normalized spacial score (nSPS) is 8.00. The Labute approximate surface area is 115 Å². The van der Waals surface area contributed by atoms with E-state index in [-0.39, 0.29) is 26.2 Å². The number of aliphatic carboxylic acids is 4. The zero-order valence-electron chi connectivity index (χ0n) is 8.59. The van der Waals surface area contributed by atoms with Crippen LogP contribution in [0.2, 0.25) is 0 Å². The van der Waals surface area contributed by atoms with Crippen LogP contribution in [-0.2, 0) is 45.4 Å². The van der Waals surface area contributed by atoms with Gasteiger partial charge in [-0.3, -0.25) is 0 Å². The Bertz CT molecular complexity index is 219. The number of carbonyl (C=O) groups excluding carboxylic acids is 4. The molecule has 0 heterocycles. The minimum atomic E-state index is -1.37. The molecule has 0 fully saturated rings. The van der Waals surface area contributed by atoms with E-state index in [1.54, 1.807) is 0 Å². The first-order chi connectivity index (χ1) is 7.25. The molecule has 92 valence electrons. The number of hydrogen-bond donors (Lipinski definition) is 0. The fourth-order valence-corrected chi connectivity index (χ4v) is 0.408. The standard InChI is InChI=1S/2C4H6O4.Zr/c2*5-3(6)1-2-4(7)8;/h2*1-2H2,(H,5,6)(H,7,8);/q;;+4/p-4. The van der Waals surface area contributed by atoms with Crippen LogP contribution in [0.25, 0.3) is 0 Å². The molecule has 0 aromatic rings. The molecular weight excluding hydrogens is 315 g/mol. The molecule has 0 amide bonds. The molecule has 0 unspecified atom stereocenters. The molecule has 0 saturated heterocycles. The molecule has 0 N–H and O–H groups in total. The van der Waals surface area contributed by atoms with E-state index < -0.39 is 49.6 Å². The number of carboxylic acids is 4. The fraction of sp³-hybridized carbons (Fsp3) is 0.500. The van der Waals surface area contributed by atoms with E-state index in [2.05, 4.69) is 0 Å². The van der Waals surface area contributed by atoms with Gasteiger partial charge in [0.15, 0.2) is 0 Å². The Morgan fingerprint density at radius 2 is 0.647 bits per heavy atom. The molecule has 0 radical (unpaired) electrons. The van der Waals surface area contributed by atoms with E-state index in [1.807, 2.05) is 0 Å². The summed E-state index contributed by atoms with van der Waals surface area (Å²) in [7, 11) is 0. The van der Waals surface area contributed by atoms with Crippen LogP contribution in [0.4, 0.5) is 0 Å². The van der Waals surface area contributed by atoms with Crippen LogP contribution < -0.4 is 20.4 Å². The summed E-state index contributed by atoms with van der Waals surface area (Å²) >= 11 is 0. The van der Waals surface area contributed by atoms with E-state index in [9.17, 15) is 39.6 Å². The summed E-state index contributed by atoms with van der Waals surface area (Å²) in [5, 5.41) is 38.0. The van der Waals surface area contributed by atoms with E-state index >= 15 is 0 Å². The number of carboxylic acid groups (broad SMARTS) is 4. The second-order valence-electron chi connectivity index (χ2n) is 2.49. The zero-order chi connectivity index (χ0) is 13.1. The summed E-state index contributed by atoms with van der Waals surface area (Å²) < 4.78 is 0. The van der Waals surface area contributed by atoms with Gasteiger partial charge in [0.1, 0.15) is 0 Å². The van der Waals surface area contributed by atoms with E-state index in [0.717, 1.165) is 0 Å². The van der Waals surface area contributed by atoms with Gasteiger partial charge >= 0.3 is 26.2 Å². The van der Waals surface area contributed by atoms with Crippen molar-refractivity contribution in [3.05, 3.63) is 0 Å². The second-order valence-corrected chi connectivity index (χ2v) is 2.49. The van der Waals surface area contributed by atoms with Crippen LogP contribution in [0.5, 0.6) is 0 Å². The molecule has 0 atom stereocenters. The fourth-order valence-electron chi connectivity index (χ4n) is 0.408. The van der Waals surface area contributed by atoms with Gasteiger partial charge in [-0.05, 0) is 25.7 Å². The summed E-state index contributed by atoms with van der Waals surface area (Å²) in [5.41, 5.74) is 0. The first kappa shape index (κ1) is 21.1.